The van der Waals surface area contributed by atoms with Gasteiger partial charge in [0.25, 0.3) is 5.76 Å². The minimum atomic E-state index is -5.48. The van der Waals surface area contributed by atoms with E-state index < -0.39 is 25.8 Å². The first kappa shape index (κ1) is 14.3. The van der Waals surface area contributed by atoms with Crippen LogP contribution in [-0.2, 0) is 18.1 Å². The van der Waals surface area contributed by atoms with Crippen molar-refractivity contribution >= 4 is 7.82 Å². The summed E-state index contributed by atoms with van der Waals surface area (Å²) in [7, 11) is -3.27. The number of alkyl halides is 3. The van der Waals surface area contributed by atoms with Crippen molar-refractivity contribution in [1.29, 1.82) is 0 Å². The van der Waals surface area contributed by atoms with E-state index in [0.717, 1.165) is 0 Å². The predicted molar refractivity (Wildman–Crippen MR) is 38.0 cm³/mol. The van der Waals surface area contributed by atoms with E-state index >= 15 is 0 Å². The van der Waals surface area contributed by atoms with Gasteiger partial charge in [-0.05, 0) is 0 Å². The van der Waals surface area contributed by atoms with Crippen molar-refractivity contribution in [3.05, 3.63) is 11.8 Å². The van der Waals surface area contributed by atoms with E-state index in [0.29, 0.717) is 14.2 Å². The fourth-order valence-electron chi connectivity index (χ4n) is 0.454. The van der Waals surface area contributed by atoms with Crippen molar-refractivity contribution < 1.29 is 40.1 Å². The quantitative estimate of drug-likeness (QED) is 0.440. The van der Waals surface area contributed by atoms with E-state index in [1.165, 1.54) is 0 Å². The van der Waals surface area contributed by atoms with E-state index in [9.17, 15) is 26.5 Å². The first-order chi connectivity index (χ1) is 6.66. The summed E-state index contributed by atoms with van der Waals surface area (Å²) in [6.07, 6.45) is -8.65. The van der Waals surface area contributed by atoms with E-state index in [1.54, 1.807) is 0 Å². The second-order valence-corrected chi connectivity index (χ2v) is 3.80. The minimum Gasteiger partial charge on any atom is -0.393 e. The lowest BCUT2D eigenvalue weighted by molar-refractivity contribution is -0.124. The summed E-state index contributed by atoms with van der Waals surface area (Å²) in [6, 6.07) is 0. The van der Waals surface area contributed by atoms with Crippen molar-refractivity contribution in [1.82, 2.24) is 0 Å². The molecule has 15 heavy (non-hydrogen) atoms. The van der Waals surface area contributed by atoms with Gasteiger partial charge in [-0.1, -0.05) is 0 Å². The molecule has 10 heteroatoms. The van der Waals surface area contributed by atoms with Gasteiger partial charge >= 0.3 is 20.1 Å². The van der Waals surface area contributed by atoms with Gasteiger partial charge in [0, 0.05) is 14.2 Å². The number of hydrogen-bond donors (Lipinski definition) is 0. The van der Waals surface area contributed by atoms with Crippen molar-refractivity contribution in [2.45, 2.75) is 6.18 Å². The molecule has 4 nitrogen and oxygen atoms in total. The van der Waals surface area contributed by atoms with Gasteiger partial charge in [0.1, 0.15) is 0 Å². The van der Waals surface area contributed by atoms with Gasteiger partial charge in [0.2, 0.25) is 0 Å². The van der Waals surface area contributed by atoms with Gasteiger partial charge in [-0.3, -0.25) is 9.05 Å². The molecule has 0 bridgehead atoms. The van der Waals surface area contributed by atoms with Gasteiger partial charge in [-0.15, -0.1) is 0 Å². The zero-order valence-corrected chi connectivity index (χ0v) is 8.36. The highest BCUT2D eigenvalue weighted by Gasteiger charge is 2.45. The lowest BCUT2D eigenvalue weighted by Crippen LogP contribution is -2.15. The summed E-state index contributed by atoms with van der Waals surface area (Å²) in [5.41, 5.74) is 0. The summed E-state index contributed by atoms with van der Waals surface area (Å²) in [5.74, 6) is -2.70. The minimum absolute atomic E-state index is 0.689. The molecule has 0 fully saturated rings. The highest BCUT2D eigenvalue weighted by molar-refractivity contribution is 7.48. The fraction of sp³-hybridized carbons (Fsp3) is 0.600. The van der Waals surface area contributed by atoms with Gasteiger partial charge < -0.3 is 4.52 Å². The molecule has 0 saturated carbocycles. The van der Waals surface area contributed by atoms with Crippen LogP contribution in [0.2, 0.25) is 0 Å². The van der Waals surface area contributed by atoms with Crippen LogP contribution in [0.4, 0.5) is 22.0 Å². The molecule has 0 aliphatic heterocycles. The molecule has 0 heterocycles. The van der Waals surface area contributed by atoms with E-state index in [1.807, 2.05) is 0 Å². The Hall–Kier alpha value is -0.660. The summed E-state index contributed by atoms with van der Waals surface area (Å²) in [6.45, 7) is 0. The summed E-state index contributed by atoms with van der Waals surface area (Å²) in [4.78, 5) is 0. The van der Waals surface area contributed by atoms with Gasteiger partial charge in [0.15, 0.2) is 0 Å². The molecule has 90 valence electrons. The Morgan fingerprint density at radius 3 is 1.73 bits per heavy atom. The average molecular weight is 256 g/mol. The Bertz CT molecular complexity index is 286. The molecule has 0 radical (unpaired) electrons. The molecule has 0 aliphatic carbocycles. The first-order valence-corrected chi connectivity index (χ1v) is 4.66. The monoisotopic (exact) mass is 256 g/mol. The number of hydrogen-bond acceptors (Lipinski definition) is 4. The lowest BCUT2D eigenvalue weighted by atomic mass is 10.5. The Labute approximate surface area is 81.2 Å². The topological polar surface area (TPSA) is 44.8 Å². The van der Waals surface area contributed by atoms with Crippen LogP contribution in [0.5, 0.6) is 0 Å². The maximum atomic E-state index is 11.9. The third-order valence-corrected chi connectivity index (χ3v) is 2.38. The molecule has 0 saturated heterocycles. The average Bonchev–Trinajstić information content (AvgIpc) is 2.11. The third-order valence-electron chi connectivity index (χ3n) is 1.08. The number of halogens is 5. The molecule has 0 unspecified atom stereocenters. The smallest absolute Gasteiger partial charge is 0.393 e. The van der Waals surface area contributed by atoms with Crippen LogP contribution in [0.3, 0.4) is 0 Å². The van der Waals surface area contributed by atoms with Crippen molar-refractivity contribution in [2.24, 2.45) is 0 Å². The highest BCUT2D eigenvalue weighted by atomic mass is 31.2. The van der Waals surface area contributed by atoms with Crippen LogP contribution in [0.15, 0.2) is 11.8 Å². The molecular weight excluding hydrogens is 250 g/mol. The van der Waals surface area contributed by atoms with Gasteiger partial charge in [0.05, 0.1) is 0 Å². The van der Waals surface area contributed by atoms with Crippen molar-refractivity contribution in [2.75, 3.05) is 14.2 Å². The molecular formula is C5H6F5O4P. The summed E-state index contributed by atoms with van der Waals surface area (Å²) >= 11 is 0. The second-order valence-electron chi connectivity index (χ2n) is 1.99. The summed E-state index contributed by atoms with van der Waals surface area (Å²) in [5, 5.41) is 0. The number of phosphoric acid groups is 1. The maximum absolute atomic E-state index is 11.9. The molecule has 0 aromatic heterocycles. The van der Waals surface area contributed by atoms with Gasteiger partial charge in [-0.25, -0.2) is 4.57 Å². The van der Waals surface area contributed by atoms with Gasteiger partial charge in [-0.2, -0.15) is 22.0 Å². The molecule has 0 aliphatic rings. The number of phosphoric ester groups is 1. The first-order valence-electron chi connectivity index (χ1n) is 3.20. The van der Waals surface area contributed by atoms with E-state index in [2.05, 4.69) is 13.6 Å². The largest absolute Gasteiger partial charge is 0.529 e. The SMILES string of the molecule is COP(=O)(OC)OC(=C(F)F)C(F)(F)F. The standard InChI is InChI=1S/C5H6F5O4P/c1-12-15(11,13-2)14-3(4(6)7)5(8,9)10/h1-2H3. The third kappa shape index (κ3) is 4.15. The van der Waals surface area contributed by atoms with Crippen molar-refractivity contribution in [3.63, 3.8) is 0 Å². The van der Waals surface area contributed by atoms with Crippen LogP contribution in [0.25, 0.3) is 0 Å². The molecule has 0 aromatic rings. The Kier molecular flexibility index (Phi) is 4.69. The van der Waals surface area contributed by atoms with E-state index in [-0.39, 0.29) is 0 Å². The molecule has 0 spiro atoms. The zero-order valence-electron chi connectivity index (χ0n) is 7.47. The fourth-order valence-corrected chi connectivity index (χ4v) is 1.15. The second kappa shape index (κ2) is 4.91. The molecule has 0 amide bonds. The Morgan fingerprint density at radius 1 is 1.13 bits per heavy atom. The highest BCUT2D eigenvalue weighted by Crippen LogP contribution is 2.52. The number of allylic oxidation sites excluding steroid dienone is 1. The van der Waals surface area contributed by atoms with Crippen molar-refractivity contribution in [3.8, 4) is 0 Å². The van der Waals surface area contributed by atoms with Crippen LogP contribution in [-0.4, -0.2) is 20.4 Å². The molecule has 0 atom stereocenters. The van der Waals surface area contributed by atoms with Crippen LogP contribution in [0.1, 0.15) is 0 Å². The molecule has 0 aromatic carbocycles. The summed E-state index contributed by atoms with van der Waals surface area (Å²) < 4.78 is 81.5. The number of rotatable bonds is 4. The Balaban J connectivity index is 5.06. The molecule has 0 N–H and O–H groups in total. The molecule has 0 rings (SSSR count). The van der Waals surface area contributed by atoms with Crippen LogP contribution < -0.4 is 0 Å². The zero-order chi connectivity index (χ0) is 12.3. The normalized spacial score (nSPS) is 12.5. The Morgan fingerprint density at radius 2 is 1.53 bits per heavy atom. The van der Waals surface area contributed by atoms with Crippen LogP contribution >= 0.6 is 7.82 Å². The van der Waals surface area contributed by atoms with Crippen LogP contribution in [0, 0.1) is 0 Å². The van der Waals surface area contributed by atoms with E-state index in [4.69, 9.17) is 0 Å². The predicted octanol–water partition coefficient (Wildman–Crippen LogP) is 3.07. The lowest BCUT2D eigenvalue weighted by Gasteiger charge is -2.17. The maximum Gasteiger partial charge on any atom is 0.529 e.